The molecule has 0 bridgehead atoms. The predicted molar refractivity (Wildman–Crippen MR) is 82.2 cm³/mol. The van der Waals surface area contributed by atoms with E-state index in [4.69, 9.17) is 0 Å². The van der Waals surface area contributed by atoms with Crippen molar-refractivity contribution >= 4 is 27.4 Å². The zero-order valence-corrected chi connectivity index (χ0v) is 12.2. The van der Waals surface area contributed by atoms with E-state index in [9.17, 15) is 9.00 Å². The summed E-state index contributed by atoms with van der Waals surface area (Å²) in [6, 6.07) is 13.8. The van der Waals surface area contributed by atoms with Crippen LogP contribution in [0.15, 0.2) is 47.4 Å². The molecule has 0 saturated heterocycles. The van der Waals surface area contributed by atoms with Crippen LogP contribution in [0.5, 0.6) is 0 Å². The third kappa shape index (κ3) is 2.83. The largest absolute Gasteiger partial charge is 0.298 e. The van der Waals surface area contributed by atoms with Gasteiger partial charge in [-0.3, -0.25) is 9.00 Å². The van der Waals surface area contributed by atoms with E-state index >= 15 is 0 Å². The zero-order valence-electron chi connectivity index (χ0n) is 11.4. The minimum Gasteiger partial charge on any atom is -0.298 e. The van der Waals surface area contributed by atoms with Gasteiger partial charge in [0.15, 0.2) is 0 Å². The quantitative estimate of drug-likeness (QED) is 0.858. The molecule has 3 heteroatoms. The lowest BCUT2D eigenvalue weighted by atomic mass is 10.0. The highest BCUT2D eigenvalue weighted by molar-refractivity contribution is 7.85. The molecule has 3 rings (SSSR count). The maximum Gasteiger partial charge on any atom is 0.148 e. The fourth-order valence-electron chi connectivity index (χ4n) is 2.89. The Morgan fingerprint density at radius 2 is 1.75 bits per heavy atom. The predicted octanol–water partition coefficient (Wildman–Crippen LogP) is 3.71. The highest BCUT2D eigenvalue weighted by atomic mass is 32.2. The molecule has 2 nitrogen and oxygen atoms in total. The number of carbonyl (C=O) groups excluding carboxylic acids is 1. The molecule has 1 aliphatic rings. The number of hydrogen-bond donors (Lipinski definition) is 0. The van der Waals surface area contributed by atoms with Crippen molar-refractivity contribution in [3.63, 3.8) is 0 Å². The van der Waals surface area contributed by atoms with Crippen molar-refractivity contribution < 1.29 is 9.00 Å². The van der Waals surface area contributed by atoms with Crippen LogP contribution in [0.2, 0.25) is 0 Å². The van der Waals surface area contributed by atoms with E-state index in [1.807, 2.05) is 42.5 Å². The molecule has 2 aromatic rings. The fourth-order valence-corrected chi connectivity index (χ4v) is 4.03. The average molecular weight is 286 g/mol. The summed E-state index contributed by atoms with van der Waals surface area (Å²) in [6.07, 6.45) is 4.24. The molecule has 1 atom stereocenters. The van der Waals surface area contributed by atoms with Crippen LogP contribution in [0.1, 0.15) is 25.7 Å². The van der Waals surface area contributed by atoms with Gasteiger partial charge in [0.1, 0.15) is 5.78 Å². The van der Waals surface area contributed by atoms with Crippen LogP contribution in [0.4, 0.5) is 0 Å². The number of Topliss-reactive ketones (excluding diaryl/α,β-unsaturated/α-hetero) is 1. The van der Waals surface area contributed by atoms with Crippen molar-refractivity contribution in [3.8, 4) is 0 Å². The highest BCUT2D eigenvalue weighted by Crippen LogP contribution is 2.26. The smallest absolute Gasteiger partial charge is 0.148 e. The van der Waals surface area contributed by atoms with Gasteiger partial charge < -0.3 is 0 Å². The zero-order chi connectivity index (χ0) is 13.9. The summed E-state index contributed by atoms with van der Waals surface area (Å²) >= 11 is 0. The lowest BCUT2D eigenvalue weighted by Crippen LogP contribution is -2.18. The Balaban J connectivity index is 1.76. The second kappa shape index (κ2) is 5.88. The number of fused-ring (bicyclic) bond motifs is 1. The number of rotatable bonds is 4. The Hall–Kier alpha value is -1.48. The summed E-state index contributed by atoms with van der Waals surface area (Å²) in [5.41, 5.74) is 0. The summed E-state index contributed by atoms with van der Waals surface area (Å²) < 4.78 is 12.3. The summed E-state index contributed by atoms with van der Waals surface area (Å²) in [6.45, 7) is 0. The standard InChI is InChI=1S/C17H18O2S/c18-17(14-6-2-3-7-14)12-20(19)16-10-9-13-5-1-4-8-15(13)11-16/h1,4-5,8-11,14H,2-3,6-7,12H2. The molecule has 1 fully saturated rings. The topological polar surface area (TPSA) is 34.1 Å². The van der Waals surface area contributed by atoms with Gasteiger partial charge in [-0.15, -0.1) is 0 Å². The molecule has 0 heterocycles. The van der Waals surface area contributed by atoms with Crippen LogP contribution in [-0.4, -0.2) is 15.7 Å². The Morgan fingerprint density at radius 3 is 2.50 bits per heavy atom. The first-order valence-corrected chi connectivity index (χ1v) is 8.46. The molecule has 0 aromatic heterocycles. The van der Waals surface area contributed by atoms with Gasteiger partial charge in [0.25, 0.3) is 0 Å². The third-order valence-electron chi connectivity index (χ3n) is 4.07. The van der Waals surface area contributed by atoms with Gasteiger partial charge in [0, 0.05) is 10.8 Å². The van der Waals surface area contributed by atoms with Crippen molar-refractivity contribution in [2.75, 3.05) is 5.75 Å². The van der Waals surface area contributed by atoms with E-state index in [1.165, 1.54) is 0 Å². The molecule has 0 spiro atoms. The van der Waals surface area contributed by atoms with E-state index in [2.05, 4.69) is 0 Å². The van der Waals surface area contributed by atoms with Gasteiger partial charge >= 0.3 is 0 Å². The van der Waals surface area contributed by atoms with E-state index in [1.54, 1.807) is 0 Å². The van der Waals surface area contributed by atoms with Gasteiger partial charge in [-0.25, -0.2) is 0 Å². The molecule has 0 amide bonds. The van der Waals surface area contributed by atoms with Crippen LogP contribution in [-0.2, 0) is 15.6 Å². The fraction of sp³-hybridized carbons (Fsp3) is 0.353. The Bertz CT molecular complexity index is 657. The Morgan fingerprint density at radius 1 is 1.05 bits per heavy atom. The molecule has 1 aliphatic carbocycles. The molecule has 20 heavy (non-hydrogen) atoms. The third-order valence-corrected chi connectivity index (χ3v) is 5.39. The summed E-state index contributed by atoms with van der Waals surface area (Å²) in [4.78, 5) is 12.9. The molecule has 104 valence electrons. The second-order valence-corrected chi connectivity index (χ2v) is 6.90. The van der Waals surface area contributed by atoms with Crippen LogP contribution < -0.4 is 0 Å². The first-order valence-electron chi connectivity index (χ1n) is 7.14. The van der Waals surface area contributed by atoms with Crippen molar-refractivity contribution in [1.82, 2.24) is 0 Å². The SMILES string of the molecule is O=C(CS(=O)c1ccc2ccccc2c1)C1CCCC1. The summed E-state index contributed by atoms with van der Waals surface area (Å²) in [5, 5.41) is 2.21. The Kier molecular flexibility index (Phi) is 3.97. The molecule has 0 aliphatic heterocycles. The maximum atomic E-state index is 12.3. The van der Waals surface area contributed by atoms with Gasteiger partial charge in [0.2, 0.25) is 0 Å². The molecule has 0 N–H and O–H groups in total. The van der Waals surface area contributed by atoms with Crippen molar-refractivity contribution in [1.29, 1.82) is 0 Å². The first kappa shape index (κ1) is 13.5. The molecule has 2 aromatic carbocycles. The van der Waals surface area contributed by atoms with Gasteiger partial charge in [0.05, 0.1) is 16.6 Å². The number of benzene rings is 2. The van der Waals surface area contributed by atoms with Gasteiger partial charge in [-0.05, 0) is 35.7 Å². The van der Waals surface area contributed by atoms with Crippen LogP contribution in [0.25, 0.3) is 10.8 Å². The monoisotopic (exact) mass is 286 g/mol. The van der Waals surface area contributed by atoms with Crippen LogP contribution in [0, 0.1) is 5.92 Å². The lowest BCUT2D eigenvalue weighted by molar-refractivity contribution is -0.120. The van der Waals surface area contributed by atoms with Crippen LogP contribution >= 0.6 is 0 Å². The minimum absolute atomic E-state index is 0.152. The highest BCUT2D eigenvalue weighted by Gasteiger charge is 2.24. The molecule has 0 radical (unpaired) electrons. The van der Waals surface area contributed by atoms with E-state index in [-0.39, 0.29) is 17.5 Å². The van der Waals surface area contributed by atoms with Gasteiger partial charge in [-0.1, -0.05) is 43.2 Å². The lowest BCUT2D eigenvalue weighted by Gasteiger charge is -2.08. The normalized spacial score (nSPS) is 17.4. The maximum absolute atomic E-state index is 12.3. The molecular formula is C17H18O2S. The van der Waals surface area contributed by atoms with Crippen molar-refractivity contribution in [2.45, 2.75) is 30.6 Å². The Labute approximate surface area is 121 Å². The molecular weight excluding hydrogens is 268 g/mol. The minimum atomic E-state index is -1.22. The molecule has 1 saturated carbocycles. The van der Waals surface area contributed by atoms with E-state index in [0.29, 0.717) is 0 Å². The van der Waals surface area contributed by atoms with E-state index < -0.39 is 10.8 Å². The summed E-state index contributed by atoms with van der Waals surface area (Å²) in [7, 11) is -1.22. The number of ketones is 1. The first-order chi connectivity index (χ1) is 9.74. The van der Waals surface area contributed by atoms with E-state index in [0.717, 1.165) is 41.4 Å². The molecule has 1 unspecified atom stereocenters. The summed E-state index contributed by atoms with van der Waals surface area (Å²) in [5.74, 6) is 0.497. The number of carbonyl (C=O) groups is 1. The van der Waals surface area contributed by atoms with Crippen molar-refractivity contribution in [2.24, 2.45) is 5.92 Å². The number of hydrogen-bond acceptors (Lipinski definition) is 2. The second-order valence-electron chi connectivity index (χ2n) is 5.45. The van der Waals surface area contributed by atoms with Gasteiger partial charge in [-0.2, -0.15) is 0 Å². The average Bonchev–Trinajstić information content (AvgIpc) is 3.01. The van der Waals surface area contributed by atoms with Crippen LogP contribution in [0.3, 0.4) is 0 Å². The van der Waals surface area contributed by atoms with Crippen molar-refractivity contribution in [3.05, 3.63) is 42.5 Å².